The molecule has 0 saturated heterocycles. The Bertz CT molecular complexity index is 706. The van der Waals surface area contributed by atoms with Gasteiger partial charge in [-0.1, -0.05) is 18.2 Å². The molecule has 0 aliphatic carbocycles. The maximum atomic E-state index is 11.7. The van der Waals surface area contributed by atoms with Crippen LogP contribution in [0, 0.1) is 11.3 Å². The van der Waals surface area contributed by atoms with Gasteiger partial charge in [-0.2, -0.15) is 5.26 Å². The van der Waals surface area contributed by atoms with Crippen LogP contribution in [0.4, 0.5) is 0 Å². The van der Waals surface area contributed by atoms with Gasteiger partial charge in [-0.25, -0.2) is 4.79 Å². The maximum absolute atomic E-state index is 11.7. The van der Waals surface area contributed by atoms with Crippen molar-refractivity contribution >= 4 is 17.0 Å². The summed E-state index contributed by atoms with van der Waals surface area (Å²) in [5, 5.41) is 9.82. The minimum Gasteiger partial charge on any atom is -0.422 e. The van der Waals surface area contributed by atoms with Gasteiger partial charge in [0.2, 0.25) is 0 Å². The summed E-state index contributed by atoms with van der Waals surface area (Å²) >= 11 is 0. The fourth-order valence-corrected chi connectivity index (χ4v) is 1.68. The van der Waals surface area contributed by atoms with Crippen molar-refractivity contribution in [2.24, 2.45) is 0 Å². The number of nitriles is 1. The van der Waals surface area contributed by atoms with Crippen LogP contribution in [-0.4, -0.2) is 19.0 Å². The van der Waals surface area contributed by atoms with Crippen molar-refractivity contribution in [3.8, 4) is 6.07 Å². The second-order valence-electron chi connectivity index (χ2n) is 4.07. The molecule has 2 aromatic rings. The molecule has 2 rings (SSSR count). The van der Waals surface area contributed by atoms with Crippen LogP contribution in [0.15, 0.2) is 39.7 Å². The molecule has 1 aromatic carbocycles. The number of hydrogen-bond acceptors (Lipinski definition) is 4. The highest BCUT2D eigenvalue weighted by atomic mass is 16.4. The van der Waals surface area contributed by atoms with Gasteiger partial charge in [-0.05, 0) is 18.3 Å². The SMILES string of the molecule is CN(C)C=Cc1c(C#N)c(=O)oc2ccccc12. The zero-order chi connectivity index (χ0) is 13.1. The van der Waals surface area contributed by atoms with Gasteiger partial charge in [0, 0.05) is 25.0 Å². The average Bonchev–Trinajstić information content (AvgIpc) is 2.35. The molecule has 0 bridgehead atoms. The van der Waals surface area contributed by atoms with E-state index in [1.165, 1.54) is 0 Å². The molecule has 0 aliphatic rings. The number of benzene rings is 1. The van der Waals surface area contributed by atoms with Crippen LogP contribution in [0.3, 0.4) is 0 Å². The zero-order valence-electron chi connectivity index (χ0n) is 10.2. The van der Waals surface area contributed by atoms with Crippen LogP contribution < -0.4 is 5.63 Å². The summed E-state index contributed by atoms with van der Waals surface area (Å²) in [6.45, 7) is 0. The molecule has 90 valence electrons. The molecule has 4 heteroatoms. The Morgan fingerprint density at radius 2 is 2.06 bits per heavy atom. The van der Waals surface area contributed by atoms with E-state index >= 15 is 0 Å². The van der Waals surface area contributed by atoms with Crippen molar-refractivity contribution in [1.82, 2.24) is 4.90 Å². The van der Waals surface area contributed by atoms with E-state index in [-0.39, 0.29) is 5.56 Å². The van der Waals surface area contributed by atoms with Crippen LogP contribution >= 0.6 is 0 Å². The molecule has 18 heavy (non-hydrogen) atoms. The third kappa shape index (κ3) is 2.11. The molecule has 0 N–H and O–H groups in total. The standard InChI is InChI=1S/C14H12N2O2/c1-16(2)8-7-10-11-5-3-4-6-13(11)18-14(17)12(10)9-15/h3-8H,1-2H3. The van der Waals surface area contributed by atoms with E-state index in [0.29, 0.717) is 11.1 Å². The Labute approximate surface area is 104 Å². The second-order valence-corrected chi connectivity index (χ2v) is 4.07. The van der Waals surface area contributed by atoms with Gasteiger partial charge >= 0.3 is 5.63 Å². The Kier molecular flexibility index (Phi) is 3.16. The Balaban J connectivity index is 2.82. The van der Waals surface area contributed by atoms with E-state index in [9.17, 15) is 4.79 Å². The lowest BCUT2D eigenvalue weighted by atomic mass is 10.1. The second kappa shape index (κ2) is 4.76. The first-order chi connectivity index (χ1) is 8.63. The van der Waals surface area contributed by atoms with Crippen LogP contribution in [0.2, 0.25) is 0 Å². The molecule has 4 nitrogen and oxygen atoms in total. The summed E-state index contributed by atoms with van der Waals surface area (Å²) in [5.41, 5.74) is 0.513. The maximum Gasteiger partial charge on any atom is 0.354 e. The molecular weight excluding hydrogens is 228 g/mol. The topological polar surface area (TPSA) is 57.2 Å². The highest BCUT2D eigenvalue weighted by Crippen LogP contribution is 2.20. The summed E-state index contributed by atoms with van der Waals surface area (Å²) < 4.78 is 5.11. The highest BCUT2D eigenvalue weighted by molar-refractivity contribution is 5.88. The lowest BCUT2D eigenvalue weighted by Gasteiger charge is -2.06. The summed E-state index contributed by atoms with van der Waals surface area (Å²) in [4.78, 5) is 13.5. The van der Waals surface area contributed by atoms with E-state index in [1.54, 1.807) is 24.4 Å². The molecule has 0 unspecified atom stereocenters. The quantitative estimate of drug-likeness (QED) is 0.755. The number of para-hydroxylation sites is 1. The first-order valence-electron chi connectivity index (χ1n) is 5.44. The Morgan fingerprint density at radius 1 is 1.33 bits per heavy atom. The third-order valence-electron chi connectivity index (χ3n) is 2.50. The number of hydrogen-bond donors (Lipinski definition) is 0. The van der Waals surface area contributed by atoms with Gasteiger partial charge in [0.05, 0.1) is 0 Å². The minimum absolute atomic E-state index is 0.0341. The van der Waals surface area contributed by atoms with Crippen LogP contribution in [0.5, 0.6) is 0 Å². The fourth-order valence-electron chi connectivity index (χ4n) is 1.68. The molecule has 1 aromatic heterocycles. The van der Waals surface area contributed by atoms with Gasteiger partial charge in [-0.3, -0.25) is 0 Å². The number of rotatable bonds is 2. The van der Waals surface area contributed by atoms with Crippen LogP contribution in [0.1, 0.15) is 11.1 Å². The summed E-state index contributed by atoms with van der Waals surface area (Å²) in [6, 6.07) is 9.08. The number of fused-ring (bicyclic) bond motifs is 1. The molecule has 0 radical (unpaired) electrons. The van der Waals surface area contributed by atoms with Gasteiger partial charge < -0.3 is 9.32 Å². The first-order valence-corrected chi connectivity index (χ1v) is 5.44. The summed E-state index contributed by atoms with van der Waals surface area (Å²) in [6.07, 6.45) is 3.54. The lowest BCUT2D eigenvalue weighted by Crippen LogP contribution is -2.07. The lowest BCUT2D eigenvalue weighted by molar-refractivity contribution is 0.557. The minimum atomic E-state index is -0.602. The normalized spacial score (nSPS) is 10.7. The third-order valence-corrected chi connectivity index (χ3v) is 2.50. The molecule has 1 heterocycles. The number of nitrogens with zero attached hydrogens (tertiary/aromatic N) is 2. The van der Waals surface area contributed by atoms with E-state index < -0.39 is 5.63 Å². The van der Waals surface area contributed by atoms with Crippen molar-refractivity contribution in [3.63, 3.8) is 0 Å². The fraction of sp³-hybridized carbons (Fsp3) is 0.143. The van der Waals surface area contributed by atoms with E-state index in [1.807, 2.05) is 37.2 Å². The zero-order valence-corrected chi connectivity index (χ0v) is 10.2. The smallest absolute Gasteiger partial charge is 0.354 e. The predicted octanol–water partition coefficient (Wildman–Crippen LogP) is 2.20. The van der Waals surface area contributed by atoms with Crippen molar-refractivity contribution in [2.75, 3.05) is 14.1 Å². The molecular formula is C14H12N2O2. The van der Waals surface area contributed by atoms with Crippen molar-refractivity contribution in [1.29, 1.82) is 5.26 Å². The van der Waals surface area contributed by atoms with Gasteiger partial charge in [-0.15, -0.1) is 0 Å². The molecule has 0 atom stereocenters. The van der Waals surface area contributed by atoms with Gasteiger partial charge in [0.1, 0.15) is 17.2 Å². The molecule has 0 fully saturated rings. The predicted molar refractivity (Wildman–Crippen MR) is 69.9 cm³/mol. The molecule has 0 aliphatic heterocycles. The van der Waals surface area contributed by atoms with Crippen molar-refractivity contribution in [2.45, 2.75) is 0 Å². The first kappa shape index (κ1) is 11.9. The average molecular weight is 240 g/mol. The highest BCUT2D eigenvalue weighted by Gasteiger charge is 2.11. The summed E-state index contributed by atoms with van der Waals surface area (Å²) in [5.74, 6) is 0. The van der Waals surface area contributed by atoms with Crippen LogP contribution in [-0.2, 0) is 0 Å². The molecule has 0 amide bonds. The van der Waals surface area contributed by atoms with E-state index in [4.69, 9.17) is 9.68 Å². The van der Waals surface area contributed by atoms with Crippen LogP contribution in [0.25, 0.3) is 17.0 Å². The molecule has 0 saturated carbocycles. The van der Waals surface area contributed by atoms with Gasteiger partial charge in [0.25, 0.3) is 0 Å². The Morgan fingerprint density at radius 3 is 2.72 bits per heavy atom. The monoisotopic (exact) mass is 240 g/mol. The molecule has 0 spiro atoms. The van der Waals surface area contributed by atoms with E-state index in [2.05, 4.69) is 0 Å². The Hall–Kier alpha value is -2.54. The van der Waals surface area contributed by atoms with Crippen molar-refractivity contribution in [3.05, 3.63) is 52.0 Å². The summed E-state index contributed by atoms with van der Waals surface area (Å²) in [7, 11) is 3.74. The van der Waals surface area contributed by atoms with Gasteiger partial charge in [0.15, 0.2) is 0 Å². The van der Waals surface area contributed by atoms with Crippen molar-refractivity contribution < 1.29 is 4.42 Å². The van der Waals surface area contributed by atoms with E-state index in [0.717, 1.165) is 5.39 Å². The largest absolute Gasteiger partial charge is 0.422 e.